The van der Waals surface area contributed by atoms with Crippen molar-refractivity contribution < 1.29 is 24.3 Å². The minimum atomic E-state index is -4.45. The Bertz CT molecular complexity index is 691. The van der Waals surface area contributed by atoms with E-state index in [1.807, 2.05) is 13.0 Å². The van der Waals surface area contributed by atoms with Gasteiger partial charge in [-0.3, -0.25) is 9.88 Å². The summed E-state index contributed by atoms with van der Waals surface area (Å²) in [5, 5.41) is 11.7. The Morgan fingerprint density at radius 1 is 1.35 bits per heavy atom. The quantitative estimate of drug-likeness (QED) is 0.595. The van der Waals surface area contributed by atoms with Gasteiger partial charge < -0.3 is 14.9 Å². The third-order valence-electron chi connectivity index (χ3n) is 3.81. The summed E-state index contributed by atoms with van der Waals surface area (Å²) >= 11 is 0. The smallest absolute Gasteiger partial charge is 0.427 e. The molecule has 1 aromatic carbocycles. The van der Waals surface area contributed by atoms with Gasteiger partial charge in [-0.25, -0.2) is 4.57 Å². The maximum atomic E-state index is 11.4. The van der Waals surface area contributed by atoms with Crippen molar-refractivity contribution in [2.75, 3.05) is 0 Å². The molecule has 0 radical (unpaired) electrons. The molecule has 0 spiro atoms. The Hall–Kier alpha value is -1.88. The summed E-state index contributed by atoms with van der Waals surface area (Å²) in [6, 6.07) is 7.02. The maximum Gasteiger partial charge on any atom is 0.427 e. The van der Waals surface area contributed by atoms with E-state index in [1.165, 1.54) is 12.2 Å². The van der Waals surface area contributed by atoms with Gasteiger partial charge >= 0.3 is 7.75 Å². The molecule has 0 bridgehead atoms. The van der Waals surface area contributed by atoms with Crippen molar-refractivity contribution in [2.24, 2.45) is 5.92 Å². The average Bonchev–Trinajstić information content (AvgIpc) is 2.44. The molecule has 0 heterocycles. The second-order valence-corrected chi connectivity index (χ2v) is 7.01. The highest BCUT2D eigenvalue weighted by Crippen LogP contribution is 2.35. The van der Waals surface area contributed by atoms with Gasteiger partial charge in [0.2, 0.25) is 0 Å². The van der Waals surface area contributed by atoms with E-state index in [-0.39, 0.29) is 29.1 Å². The number of aromatic hydroxyl groups is 1. The van der Waals surface area contributed by atoms with Crippen LogP contribution in [0, 0.1) is 5.92 Å². The molecule has 2 atom stereocenters. The standard InChI is InChI=1S/C16H20NO5P/c1-11(13-3-2-4-14(18)9-13)5-6-12-7-8-15(19)10-16(12)17-23(20,21)22/h2-4,7-12,18H,5-6H2,1H3,(H3,17,20,21,22). The second-order valence-electron chi connectivity index (χ2n) is 5.70. The van der Waals surface area contributed by atoms with Gasteiger partial charge in [-0.1, -0.05) is 25.1 Å². The summed E-state index contributed by atoms with van der Waals surface area (Å²) in [6.45, 7) is 2.02. The van der Waals surface area contributed by atoms with Crippen LogP contribution < -0.4 is 5.09 Å². The number of hydrogen-bond donors (Lipinski definition) is 4. The van der Waals surface area contributed by atoms with Crippen molar-refractivity contribution in [3.05, 3.63) is 53.8 Å². The second kappa shape index (κ2) is 7.13. The highest BCUT2D eigenvalue weighted by atomic mass is 31.2. The fourth-order valence-corrected chi connectivity index (χ4v) is 3.15. The lowest BCUT2D eigenvalue weighted by Gasteiger charge is -2.23. The van der Waals surface area contributed by atoms with E-state index >= 15 is 0 Å². The van der Waals surface area contributed by atoms with Crippen molar-refractivity contribution in [1.82, 2.24) is 5.09 Å². The maximum absolute atomic E-state index is 11.4. The van der Waals surface area contributed by atoms with Gasteiger partial charge in [0.25, 0.3) is 0 Å². The molecule has 0 aliphatic heterocycles. The molecule has 1 aromatic rings. The highest BCUT2D eigenvalue weighted by Gasteiger charge is 2.23. The fraction of sp³-hybridized carbons (Fsp3) is 0.312. The lowest BCUT2D eigenvalue weighted by atomic mass is 9.88. The molecule has 2 unspecified atom stereocenters. The first-order valence-corrected chi connectivity index (χ1v) is 8.92. The van der Waals surface area contributed by atoms with Gasteiger partial charge in [-0.15, -0.1) is 0 Å². The van der Waals surface area contributed by atoms with E-state index in [4.69, 9.17) is 9.79 Å². The number of ketones is 1. The number of carbonyl (C=O) groups is 1. The van der Waals surface area contributed by atoms with Gasteiger partial charge in [0.1, 0.15) is 5.75 Å². The number of phenols is 1. The third-order valence-corrected chi connectivity index (χ3v) is 4.36. The van der Waals surface area contributed by atoms with Gasteiger partial charge in [-0.05, 0) is 42.5 Å². The number of allylic oxidation sites excluding steroid dienone is 3. The number of benzene rings is 1. The lowest BCUT2D eigenvalue weighted by molar-refractivity contribution is -0.110. The molecule has 6 nitrogen and oxygen atoms in total. The first-order chi connectivity index (χ1) is 10.7. The van der Waals surface area contributed by atoms with Gasteiger partial charge in [-0.2, -0.15) is 0 Å². The molecule has 0 aromatic heterocycles. The van der Waals surface area contributed by atoms with E-state index < -0.39 is 7.75 Å². The van der Waals surface area contributed by atoms with Crippen LogP contribution in [-0.4, -0.2) is 20.7 Å². The largest absolute Gasteiger partial charge is 0.508 e. The monoisotopic (exact) mass is 337 g/mol. The summed E-state index contributed by atoms with van der Waals surface area (Å²) < 4.78 is 11.1. The first-order valence-electron chi connectivity index (χ1n) is 7.31. The molecule has 0 saturated heterocycles. The molecular formula is C16H20NO5P. The summed E-state index contributed by atoms with van der Waals surface area (Å²) in [6.07, 6.45) is 5.67. The van der Waals surface area contributed by atoms with E-state index in [0.717, 1.165) is 12.0 Å². The van der Waals surface area contributed by atoms with E-state index in [0.29, 0.717) is 6.42 Å². The molecule has 4 N–H and O–H groups in total. The number of phenolic OH excluding ortho intramolecular Hbond substituents is 1. The zero-order valence-electron chi connectivity index (χ0n) is 12.7. The highest BCUT2D eigenvalue weighted by molar-refractivity contribution is 7.49. The Balaban J connectivity index is 2.03. The molecule has 124 valence electrons. The van der Waals surface area contributed by atoms with Crippen LogP contribution in [0.15, 0.2) is 48.2 Å². The Morgan fingerprint density at radius 3 is 2.74 bits per heavy atom. The van der Waals surface area contributed by atoms with Crippen LogP contribution >= 0.6 is 7.75 Å². The van der Waals surface area contributed by atoms with E-state index in [1.54, 1.807) is 24.3 Å². The van der Waals surface area contributed by atoms with Gasteiger partial charge in [0, 0.05) is 17.7 Å². The molecule has 0 fully saturated rings. The Morgan fingerprint density at radius 2 is 2.09 bits per heavy atom. The predicted octanol–water partition coefficient (Wildman–Crippen LogP) is 2.60. The van der Waals surface area contributed by atoms with Crippen molar-refractivity contribution >= 4 is 13.5 Å². The number of carbonyl (C=O) groups excluding carboxylic acids is 1. The van der Waals surface area contributed by atoms with Gasteiger partial charge in [0.15, 0.2) is 5.78 Å². The normalized spacial score (nSPS) is 19.3. The third kappa shape index (κ3) is 5.36. The van der Waals surface area contributed by atoms with Crippen LogP contribution in [0.5, 0.6) is 5.75 Å². The summed E-state index contributed by atoms with van der Waals surface area (Å²) in [5.41, 5.74) is 1.24. The van der Waals surface area contributed by atoms with Crippen molar-refractivity contribution in [2.45, 2.75) is 25.7 Å². The molecule has 1 aliphatic carbocycles. The van der Waals surface area contributed by atoms with Gasteiger partial charge in [0.05, 0.1) is 0 Å². The topological polar surface area (TPSA) is 107 Å². The lowest BCUT2D eigenvalue weighted by Crippen LogP contribution is -2.21. The van der Waals surface area contributed by atoms with Crippen LogP contribution in [0.1, 0.15) is 31.2 Å². The summed E-state index contributed by atoms with van der Waals surface area (Å²) in [4.78, 5) is 29.5. The minimum absolute atomic E-state index is 0.171. The van der Waals surface area contributed by atoms with Crippen LogP contribution in [0.3, 0.4) is 0 Å². The fourth-order valence-electron chi connectivity index (χ4n) is 2.59. The van der Waals surface area contributed by atoms with E-state index in [9.17, 15) is 14.5 Å². The Labute approximate surface area is 134 Å². The number of rotatable bonds is 6. The van der Waals surface area contributed by atoms with Crippen LogP contribution in [-0.2, 0) is 9.36 Å². The molecule has 1 aliphatic rings. The molecular weight excluding hydrogens is 317 g/mol. The molecule has 7 heteroatoms. The minimum Gasteiger partial charge on any atom is -0.508 e. The zero-order chi connectivity index (χ0) is 17.0. The average molecular weight is 337 g/mol. The van der Waals surface area contributed by atoms with Crippen molar-refractivity contribution in [3.8, 4) is 5.75 Å². The molecule has 0 saturated carbocycles. The molecule has 2 rings (SSSR count). The summed E-state index contributed by atoms with van der Waals surface area (Å²) in [7, 11) is -4.45. The summed E-state index contributed by atoms with van der Waals surface area (Å²) in [5.74, 6) is -0.163. The Kier molecular flexibility index (Phi) is 5.42. The first kappa shape index (κ1) is 17.5. The van der Waals surface area contributed by atoms with Crippen molar-refractivity contribution in [3.63, 3.8) is 0 Å². The SMILES string of the molecule is CC(CCC1C=CC(=O)C=C1NP(=O)(O)O)c1cccc(O)c1. The van der Waals surface area contributed by atoms with Crippen LogP contribution in [0.25, 0.3) is 0 Å². The van der Waals surface area contributed by atoms with Crippen LogP contribution in [0.4, 0.5) is 0 Å². The van der Waals surface area contributed by atoms with Crippen molar-refractivity contribution in [1.29, 1.82) is 0 Å². The predicted molar refractivity (Wildman–Crippen MR) is 86.7 cm³/mol. The number of hydrogen-bond acceptors (Lipinski definition) is 3. The number of nitrogens with one attached hydrogen (secondary N) is 1. The molecule has 23 heavy (non-hydrogen) atoms. The molecule has 0 amide bonds. The van der Waals surface area contributed by atoms with Crippen LogP contribution in [0.2, 0.25) is 0 Å². The zero-order valence-corrected chi connectivity index (χ0v) is 13.6. The van der Waals surface area contributed by atoms with E-state index in [2.05, 4.69) is 5.09 Å².